The molecule has 0 saturated heterocycles. The van der Waals surface area contributed by atoms with Gasteiger partial charge in [-0.2, -0.15) is 24.9 Å². The molecular formula is C14H17F4NS. The largest absolute Gasteiger partial charge is 0.416 e. The number of halogens is 4. The standard InChI is InChI=1S/C14H17F4NS/c1-20-13-3-2-12(7-13)19-8-9-4-10(14(16,17)18)6-11(15)5-9/h4-6,12-13,19H,2-3,7-8H2,1H3. The van der Waals surface area contributed by atoms with Gasteiger partial charge in [-0.3, -0.25) is 0 Å². The predicted molar refractivity (Wildman–Crippen MR) is 73.2 cm³/mol. The summed E-state index contributed by atoms with van der Waals surface area (Å²) in [6, 6.07) is 3.01. The molecule has 1 nitrogen and oxygen atoms in total. The lowest BCUT2D eigenvalue weighted by molar-refractivity contribution is -0.137. The highest BCUT2D eigenvalue weighted by Gasteiger charge is 2.31. The molecule has 1 aliphatic carbocycles. The third kappa shape index (κ3) is 4.12. The summed E-state index contributed by atoms with van der Waals surface area (Å²) in [7, 11) is 0. The van der Waals surface area contributed by atoms with E-state index < -0.39 is 17.6 Å². The van der Waals surface area contributed by atoms with E-state index in [4.69, 9.17) is 0 Å². The first-order chi connectivity index (χ1) is 9.38. The number of thioether (sulfide) groups is 1. The van der Waals surface area contributed by atoms with Crippen LogP contribution < -0.4 is 5.32 Å². The number of hydrogen-bond donors (Lipinski definition) is 1. The number of rotatable bonds is 4. The van der Waals surface area contributed by atoms with E-state index in [9.17, 15) is 17.6 Å². The fourth-order valence-corrected chi connectivity index (χ4v) is 3.31. The zero-order chi connectivity index (χ0) is 14.8. The molecule has 2 atom stereocenters. The molecule has 0 radical (unpaired) electrons. The number of alkyl halides is 3. The Bertz CT molecular complexity index is 461. The van der Waals surface area contributed by atoms with Gasteiger partial charge in [0.25, 0.3) is 0 Å². The summed E-state index contributed by atoms with van der Waals surface area (Å²) in [5, 5.41) is 3.84. The summed E-state index contributed by atoms with van der Waals surface area (Å²) in [5.74, 6) is -0.843. The number of nitrogens with one attached hydrogen (secondary N) is 1. The Kier molecular flexibility index (Phi) is 4.96. The second kappa shape index (κ2) is 6.35. The van der Waals surface area contributed by atoms with E-state index in [2.05, 4.69) is 11.6 Å². The average Bonchev–Trinajstić information content (AvgIpc) is 2.82. The van der Waals surface area contributed by atoms with Gasteiger partial charge in [-0.15, -0.1) is 0 Å². The zero-order valence-corrected chi connectivity index (χ0v) is 12.0. The van der Waals surface area contributed by atoms with Crippen molar-refractivity contribution in [1.29, 1.82) is 0 Å². The van der Waals surface area contributed by atoms with Crippen LogP contribution in [0, 0.1) is 5.82 Å². The van der Waals surface area contributed by atoms with Crippen molar-refractivity contribution in [2.75, 3.05) is 6.26 Å². The molecule has 0 heterocycles. The molecule has 1 aliphatic rings. The second-order valence-electron chi connectivity index (χ2n) is 5.09. The highest BCUT2D eigenvalue weighted by molar-refractivity contribution is 7.99. The van der Waals surface area contributed by atoms with Gasteiger partial charge < -0.3 is 5.32 Å². The summed E-state index contributed by atoms with van der Waals surface area (Å²) in [5.41, 5.74) is -0.590. The van der Waals surface area contributed by atoms with Gasteiger partial charge in [0.15, 0.2) is 0 Å². The Morgan fingerprint density at radius 1 is 1.25 bits per heavy atom. The van der Waals surface area contributed by atoms with Crippen LogP contribution in [-0.2, 0) is 12.7 Å². The maximum absolute atomic E-state index is 13.2. The van der Waals surface area contributed by atoms with E-state index in [1.807, 2.05) is 11.8 Å². The number of hydrogen-bond acceptors (Lipinski definition) is 2. The molecule has 0 spiro atoms. The van der Waals surface area contributed by atoms with Gasteiger partial charge in [0, 0.05) is 17.8 Å². The predicted octanol–water partition coefficient (Wildman–Crippen LogP) is 4.22. The molecule has 1 fully saturated rings. The third-order valence-electron chi connectivity index (χ3n) is 3.60. The second-order valence-corrected chi connectivity index (χ2v) is 6.23. The van der Waals surface area contributed by atoms with E-state index in [-0.39, 0.29) is 6.54 Å². The maximum Gasteiger partial charge on any atom is 0.416 e. The molecule has 1 aromatic rings. The summed E-state index contributed by atoms with van der Waals surface area (Å²) in [6.45, 7) is 0.270. The van der Waals surface area contributed by atoms with Crippen molar-refractivity contribution in [2.24, 2.45) is 0 Å². The third-order valence-corrected chi connectivity index (χ3v) is 4.69. The van der Waals surface area contributed by atoms with Crippen LogP contribution in [0.4, 0.5) is 17.6 Å². The molecule has 0 aromatic heterocycles. The van der Waals surface area contributed by atoms with Gasteiger partial charge in [0.2, 0.25) is 0 Å². The molecule has 1 saturated carbocycles. The Morgan fingerprint density at radius 2 is 2.00 bits per heavy atom. The Labute approximate surface area is 120 Å². The smallest absolute Gasteiger partial charge is 0.310 e. The summed E-state index contributed by atoms with van der Waals surface area (Å²) in [4.78, 5) is 0. The minimum Gasteiger partial charge on any atom is -0.310 e. The highest BCUT2D eigenvalue weighted by atomic mass is 32.2. The molecule has 0 amide bonds. The summed E-state index contributed by atoms with van der Waals surface area (Å²) < 4.78 is 51.0. The maximum atomic E-state index is 13.2. The van der Waals surface area contributed by atoms with E-state index in [1.54, 1.807) is 0 Å². The average molecular weight is 307 g/mol. The SMILES string of the molecule is CSC1CCC(NCc2cc(F)cc(C(F)(F)F)c2)C1. The van der Waals surface area contributed by atoms with Gasteiger partial charge in [-0.1, -0.05) is 0 Å². The van der Waals surface area contributed by atoms with Crippen LogP contribution in [0.2, 0.25) is 0 Å². The lowest BCUT2D eigenvalue weighted by Gasteiger charge is -2.14. The molecular weight excluding hydrogens is 290 g/mol. The van der Waals surface area contributed by atoms with Gasteiger partial charge in [0.05, 0.1) is 5.56 Å². The van der Waals surface area contributed by atoms with Crippen LogP contribution in [0.5, 0.6) is 0 Å². The van der Waals surface area contributed by atoms with Crippen molar-refractivity contribution in [3.05, 3.63) is 35.1 Å². The van der Waals surface area contributed by atoms with Crippen molar-refractivity contribution in [3.8, 4) is 0 Å². The van der Waals surface area contributed by atoms with Crippen molar-refractivity contribution >= 4 is 11.8 Å². The first kappa shape index (κ1) is 15.6. The molecule has 20 heavy (non-hydrogen) atoms. The van der Waals surface area contributed by atoms with Crippen LogP contribution in [0.3, 0.4) is 0 Å². The van der Waals surface area contributed by atoms with Gasteiger partial charge in [0.1, 0.15) is 5.82 Å². The molecule has 2 rings (SSSR count). The first-order valence-corrected chi connectivity index (χ1v) is 7.80. The monoisotopic (exact) mass is 307 g/mol. The van der Waals surface area contributed by atoms with Crippen LogP contribution >= 0.6 is 11.8 Å². The summed E-state index contributed by atoms with van der Waals surface area (Å²) >= 11 is 1.82. The van der Waals surface area contributed by atoms with E-state index >= 15 is 0 Å². The Morgan fingerprint density at radius 3 is 2.60 bits per heavy atom. The van der Waals surface area contributed by atoms with Crippen LogP contribution in [0.1, 0.15) is 30.4 Å². The topological polar surface area (TPSA) is 12.0 Å². The molecule has 0 bridgehead atoms. The van der Waals surface area contributed by atoms with Crippen LogP contribution in [-0.4, -0.2) is 17.5 Å². The van der Waals surface area contributed by atoms with Crippen LogP contribution in [0.15, 0.2) is 18.2 Å². The molecule has 112 valence electrons. The van der Waals surface area contributed by atoms with Gasteiger partial charge in [-0.25, -0.2) is 4.39 Å². The minimum atomic E-state index is -4.51. The van der Waals surface area contributed by atoms with Crippen molar-refractivity contribution < 1.29 is 17.6 Å². The van der Waals surface area contributed by atoms with E-state index in [0.717, 1.165) is 31.4 Å². The Hall–Kier alpha value is -0.750. The van der Waals surface area contributed by atoms with E-state index in [0.29, 0.717) is 22.9 Å². The minimum absolute atomic E-state index is 0.270. The fourth-order valence-electron chi connectivity index (χ4n) is 2.52. The highest BCUT2D eigenvalue weighted by Crippen LogP contribution is 2.31. The van der Waals surface area contributed by atoms with Crippen molar-refractivity contribution in [2.45, 2.75) is 43.3 Å². The quantitative estimate of drug-likeness (QED) is 0.836. The molecule has 2 unspecified atom stereocenters. The molecule has 6 heteroatoms. The fraction of sp³-hybridized carbons (Fsp3) is 0.571. The number of benzene rings is 1. The van der Waals surface area contributed by atoms with Crippen molar-refractivity contribution in [1.82, 2.24) is 5.32 Å². The van der Waals surface area contributed by atoms with Crippen molar-refractivity contribution in [3.63, 3.8) is 0 Å². The lowest BCUT2D eigenvalue weighted by atomic mass is 10.1. The van der Waals surface area contributed by atoms with Gasteiger partial charge >= 0.3 is 6.18 Å². The zero-order valence-electron chi connectivity index (χ0n) is 11.1. The normalized spacial score (nSPS) is 23.2. The van der Waals surface area contributed by atoms with Crippen LogP contribution in [0.25, 0.3) is 0 Å². The van der Waals surface area contributed by atoms with Gasteiger partial charge in [-0.05, 0) is 49.3 Å². The lowest BCUT2D eigenvalue weighted by Crippen LogP contribution is -2.26. The first-order valence-electron chi connectivity index (χ1n) is 6.51. The van der Waals surface area contributed by atoms with E-state index in [1.165, 1.54) is 0 Å². The molecule has 1 N–H and O–H groups in total. The molecule has 0 aliphatic heterocycles. The summed E-state index contributed by atoms with van der Waals surface area (Å²) in [6.07, 6.45) is 0.717. The Balaban J connectivity index is 1.98. The molecule has 1 aromatic carbocycles.